The molecule has 1 aliphatic rings. The minimum Gasteiger partial charge on any atom is -0.348 e. The van der Waals surface area contributed by atoms with Crippen molar-refractivity contribution in [3.63, 3.8) is 0 Å². The van der Waals surface area contributed by atoms with E-state index in [2.05, 4.69) is 22.2 Å². The Morgan fingerprint density at radius 3 is 2.59 bits per heavy atom. The molecule has 0 bridgehead atoms. The zero-order valence-electron chi connectivity index (χ0n) is 10.6. The lowest BCUT2D eigenvalue weighted by Crippen LogP contribution is -2.43. The van der Waals surface area contributed by atoms with Gasteiger partial charge in [-0.1, -0.05) is 0 Å². The fourth-order valence-electron chi connectivity index (χ4n) is 2.15. The number of piperidine rings is 1. The van der Waals surface area contributed by atoms with Crippen molar-refractivity contribution in [3.05, 3.63) is 15.6 Å². The summed E-state index contributed by atoms with van der Waals surface area (Å²) in [5.41, 5.74) is 0.603. The van der Waals surface area contributed by atoms with Gasteiger partial charge in [0.25, 0.3) is 5.91 Å². The first kappa shape index (κ1) is 12.5. The molecule has 2 rings (SSSR count). The van der Waals surface area contributed by atoms with Crippen molar-refractivity contribution in [2.75, 3.05) is 20.1 Å². The molecule has 0 spiro atoms. The Kier molecular flexibility index (Phi) is 3.79. The van der Waals surface area contributed by atoms with Crippen LogP contribution in [0, 0.1) is 13.8 Å². The summed E-state index contributed by atoms with van der Waals surface area (Å²) in [6, 6.07) is 0.306. The van der Waals surface area contributed by atoms with E-state index in [1.807, 2.05) is 13.8 Å². The highest BCUT2D eigenvalue weighted by Crippen LogP contribution is 2.17. The molecule has 1 aromatic rings. The van der Waals surface area contributed by atoms with Crippen LogP contribution in [-0.4, -0.2) is 42.0 Å². The molecule has 94 valence electrons. The SMILES string of the molecule is Cc1nc(C(=O)NC2CCN(C)CC2)c(C)s1. The van der Waals surface area contributed by atoms with Crippen molar-refractivity contribution in [2.24, 2.45) is 0 Å². The first-order chi connectivity index (χ1) is 8.06. The van der Waals surface area contributed by atoms with Crippen LogP contribution in [-0.2, 0) is 0 Å². The van der Waals surface area contributed by atoms with Crippen LogP contribution in [0.25, 0.3) is 0 Å². The molecule has 5 heteroatoms. The lowest BCUT2D eigenvalue weighted by atomic mass is 10.1. The van der Waals surface area contributed by atoms with Crippen LogP contribution in [0.1, 0.15) is 33.2 Å². The summed E-state index contributed by atoms with van der Waals surface area (Å²) in [6.07, 6.45) is 2.06. The number of amides is 1. The number of rotatable bonds is 2. The highest BCUT2D eigenvalue weighted by atomic mass is 32.1. The number of carbonyl (C=O) groups excluding carboxylic acids is 1. The summed E-state index contributed by atoms with van der Waals surface area (Å²) in [4.78, 5) is 19.6. The van der Waals surface area contributed by atoms with Crippen LogP contribution in [0.4, 0.5) is 0 Å². The Hall–Kier alpha value is -0.940. The Morgan fingerprint density at radius 1 is 1.41 bits per heavy atom. The Labute approximate surface area is 106 Å². The third-order valence-electron chi connectivity index (χ3n) is 3.17. The van der Waals surface area contributed by atoms with Crippen molar-refractivity contribution >= 4 is 17.2 Å². The molecule has 2 heterocycles. The average molecular weight is 253 g/mol. The molecule has 1 fully saturated rings. The van der Waals surface area contributed by atoms with Gasteiger partial charge in [0.2, 0.25) is 0 Å². The normalized spacial score (nSPS) is 18.3. The van der Waals surface area contributed by atoms with Gasteiger partial charge in [0.1, 0.15) is 5.69 Å². The average Bonchev–Trinajstić information content (AvgIpc) is 2.61. The van der Waals surface area contributed by atoms with E-state index in [9.17, 15) is 4.79 Å². The van der Waals surface area contributed by atoms with Gasteiger partial charge in [-0.05, 0) is 46.8 Å². The first-order valence-electron chi connectivity index (χ1n) is 5.99. The van der Waals surface area contributed by atoms with Gasteiger partial charge >= 0.3 is 0 Å². The Bertz CT molecular complexity index is 408. The maximum atomic E-state index is 12.0. The number of aryl methyl sites for hydroxylation is 2. The van der Waals surface area contributed by atoms with Gasteiger partial charge < -0.3 is 10.2 Å². The third-order valence-corrected chi connectivity index (χ3v) is 4.06. The van der Waals surface area contributed by atoms with Gasteiger partial charge in [0, 0.05) is 10.9 Å². The Morgan fingerprint density at radius 2 is 2.06 bits per heavy atom. The van der Waals surface area contributed by atoms with E-state index < -0.39 is 0 Å². The number of nitrogens with one attached hydrogen (secondary N) is 1. The van der Waals surface area contributed by atoms with Gasteiger partial charge in [0.15, 0.2) is 0 Å². The largest absolute Gasteiger partial charge is 0.348 e. The second-order valence-electron chi connectivity index (χ2n) is 4.69. The molecule has 1 saturated heterocycles. The van der Waals surface area contributed by atoms with E-state index in [0.717, 1.165) is 35.8 Å². The lowest BCUT2D eigenvalue weighted by Gasteiger charge is -2.29. The zero-order chi connectivity index (χ0) is 12.4. The van der Waals surface area contributed by atoms with E-state index in [-0.39, 0.29) is 5.91 Å². The van der Waals surface area contributed by atoms with Crippen LogP contribution < -0.4 is 5.32 Å². The van der Waals surface area contributed by atoms with Gasteiger partial charge in [-0.15, -0.1) is 11.3 Å². The molecule has 17 heavy (non-hydrogen) atoms. The van der Waals surface area contributed by atoms with Crippen LogP contribution in [0.2, 0.25) is 0 Å². The zero-order valence-corrected chi connectivity index (χ0v) is 11.4. The molecule has 0 aromatic carbocycles. The van der Waals surface area contributed by atoms with Crippen molar-refractivity contribution in [1.29, 1.82) is 0 Å². The second kappa shape index (κ2) is 5.14. The van der Waals surface area contributed by atoms with Crippen LogP contribution in [0.5, 0.6) is 0 Å². The number of carbonyl (C=O) groups is 1. The molecular formula is C12H19N3OS. The van der Waals surface area contributed by atoms with E-state index in [0.29, 0.717) is 11.7 Å². The summed E-state index contributed by atoms with van der Waals surface area (Å²) < 4.78 is 0. The van der Waals surface area contributed by atoms with Crippen molar-refractivity contribution in [3.8, 4) is 0 Å². The standard InChI is InChI=1S/C12H19N3OS/c1-8-11(13-9(2)17-8)12(16)14-10-4-6-15(3)7-5-10/h10H,4-7H2,1-3H3,(H,14,16). The predicted molar refractivity (Wildman–Crippen MR) is 69.6 cm³/mol. The molecule has 0 atom stereocenters. The molecule has 0 radical (unpaired) electrons. The van der Waals surface area contributed by atoms with Crippen LogP contribution >= 0.6 is 11.3 Å². The first-order valence-corrected chi connectivity index (χ1v) is 6.81. The number of nitrogens with zero attached hydrogens (tertiary/aromatic N) is 2. The molecule has 1 N–H and O–H groups in total. The number of aromatic nitrogens is 1. The van der Waals surface area contributed by atoms with Gasteiger partial charge in [-0.3, -0.25) is 4.79 Å². The summed E-state index contributed by atoms with van der Waals surface area (Å²) >= 11 is 1.58. The van der Waals surface area contributed by atoms with Gasteiger partial charge in [-0.2, -0.15) is 0 Å². The molecule has 0 unspecified atom stereocenters. The van der Waals surface area contributed by atoms with E-state index in [1.54, 1.807) is 11.3 Å². The Balaban J connectivity index is 1.95. The second-order valence-corrected chi connectivity index (χ2v) is 6.10. The third kappa shape index (κ3) is 3.04. The van der Waals surface area contributed by atoms with E-state index in [1.165, 1.54) is 0 Å². The van der Waals surface area contributed by atoms with Crippen molar-refractivity contribution in [1.82, 2.24) is 15.2 Å². The van der Waals surface area contributed by atoms with Gasteiger partial charge in [0.05, 0.1) is 5.01 Å². The van der Waals surface area contributed by atoms with Crippen LogP contribution in [0.3, 0.4) is 0 Å². The van der Waals surface area contributed by atoms with Crippen LogP contribution in [0.15, 0.2) is 0 Å². The maximum absolute atomic E-state index is 12.0. The minimum absolute atomic E-state index is 0.0126. The highest BCUT2D eigenvalue weighted by Gasteiger charge is 2.21. The number of hydrogen-bond acceptors (Lipinski definition) is 4. The fraction of sp³-hybridized carbons (Fsp3) is 0.667. The van der Waals surface area contributed by atoms with Crippen molar-refractivity contribution < 1.29 is 4.79 Å². The minimum atomic E-state index is -0.0126. The molecule has 1 aliphatic heterocycles. The number of hydrogen-bond donors (Lipinski definition) is 1. The van der Waals surface area contributed by atoms with E-state index in [4.69, 9.17) is 0 Å². The topological polar surface area (TPSA) is 45.2 Å². The predicted octanol–water partition coefficient (Wildman–Crippen LogP) is 1.58. The number of thiazole rings is 1. The summed E-state index contributed by atoms with van der Waals surface area (Å²) in [7, 11) is 2.12. The summed E-state index contributed by atoms with van der Waals surface area (Å²) in [5.74, 6) is -0.0126. The summed E-state index contributed by atoms with van der Waals surface area (Å²) in [5, 5.41) is 4.04. The smallest absolute Gasteiger partial charge is 0.271 e. The molecule has 0 aliphatic carbocycles. The lowest BCUT2D eigenvalue weighted by molar-refractivity contribution is 0.0912. The number of likely N-dealkylation sites (tertiary alicyclic amines) is 1. The quantitative estimate of drug-likeness (QED) is 0.870. The van der Waals surface area contributed by atoms with E-state index >= 15 is 0 Å². The molecule has 1 aromatic heterocycles. The molecule has 4 nitrogen and oxygen atoms in total. The molecule has 1 amide bonds. The monoisotopic (exact) mass is 253 g/mol. The highest BCUT2D eigenvalue weighted by molar-refractivity contribution is 7.11. The fourth-order valence-corrected chi connectivity index (χ4v) is 2.96. The van der Waals surface area contributed by atoms with Crippen molar-refractivity contribution in [2.45, 2.75) is 32.7 Å². The molecular weight excluding hydrogens is 234 g/mol. The van der Waals surface area contributed by atoms with Gasteiger partial charge in [-0.25, -0.2) is 4.98 Å². The molecule has 0 saturated carbocycles. The summed E-state index contributed by atoms with van der Waals surface area (Å²) in [6.45, 7) is 6.00. The maximum Gasteiger partial charge on any atom is 0.271 e.